The molecule has 0 saturated carbocycles. The molecule has 2 aliphatic rings. The van der Waals surface area contributed by atoms with E-state index in [0.717, 1.165) is 18.2 Å². The van der Waals surface area contributed by atoms with Crippen LogP contribution in [0.2, 0.25) is 0 Å². The van der Waals surface area contributed by atoms with Crippen LogP contribution in [0.3, 0.4) is 0 Å². The molecule has 0 aromatic heterocycles. The number of rotatable bonds is 7. The van der Waals surface area contributed by atoms with Gasteiger partial charge in [-0.05, 0) is 32.4 Å². The molecule has 0 spiro atoms. The number of nitrogens with one attached hydrogen (secondary N) is 1. The Hall–Kier alpha value is -2.33. The van der Waals surface area contributed by atoms with E-state index in [-0.39, 0.29) is 29.1 Å². The second-order valence-electron chi connectivity index (χ2n) is 8.07. The Bertz CT molecular complexity index is 941. The number of para-hydroxylation sites is 1. The number of nitrogens with two attached hydrogens (primary N) is 1. The number of fused-ring (bicyclic) bond motifs is 1. The summed E-state index contributed by atoms with van der Waals surface area (Å²) >= 11 is 1.05. The molecule has 166 valence electrons. The molecule has 4 atom stereocenters. The Morgan fingerprint density at radius 1 is 1.29 bits per heavy atom. The maximum absolute atomic E-state index is 13.8. The number of carbonyl (C=O) groups excluding carboxylic acids is 3. The lowest BCUT2D eigenvalue weighted by atomic mass is 10.0. The zero-order valence-electron chi connectivity index (χ0n) is 17.7. The summed E-state index contributed by atoms with van der Waals surface area (Å²) in [6.45, 7) is 3.85. The highest BCUT2D eigenvalue weighted by Gasteiger charge is 2.55. The van der Waals surface area contributed by atoms with Crippen molar-refractivity contribution in [2.75, 3.05) is 12.3 Å². The summed E-state index contributed by atoms with van der Waals surface area (Å²) in [5.41, 5.74) is 7.52. The predicted molar refractivity (Wildman–Crippen MR) is 120 cm³/mol. The lowest BCUT2D eigenvalue weighted by Crippen LogP contribution is -2.61. The maximum Gasteiger partial charge on any atom is 0.347 e. The predicted octanol–water partition coefficient (Wildman–Crippen LogP) is 1.87. The molecule has 1 saturated heterocycles. The Labute approximate surface area is 185 Å². The van der Waals surface area contributed by atoms with Crippen molar-refractivity contribution in [3.63, 3.8) is 0 Å². The zero-order valence-corrected chi connectivity index (χ0v) is 18.5. The number of carboxylic acids is 1. The van der Waals surface area contributed by atoms with Gasteiger partial charge >= 0.3 is 17.8 Å². The number of thioether (sulfide) groups is 1. The minimum atomic E-state index is -1.15. The molecule has 1 fully saturated rings. The van der Waals surface area contributed by atoms with Crippen LogP contribution in [-0.2, 0) is 19.2 Å². The number of amides is 2. The Morgan fingerprint density at radius 3 is 2.61 bits per heavy atom. The van der Waals surface area contributed by atoms with Gasteiger partial charge < -0.3 is 16.2 Å². The second kappa shape index (κ2) is 9.44. The van der Waals surface area contributed by atoms with Crippen molar-refractivity contribution < 1.29 is 24.3 Å². The van der Waals surface area contributed by atoms with Crippen molar-refractivity contribution in [2.24, 2.45) is 11.7 Å². The number of carboxylic acid groups (broad SMARTS) is 1. The molecule has 2 aliphatic heterocycles. The fraction of sp³-hybridized carbons (Fsp3) is 0.455. The van der Waals surface area contributed by atoms with Gasteiger partial charge in [-0.3, -0.25) is 9.59 Å². The lowest BCUT2D eigenvalue weighted by molar-refractivity contribution is -0.143. The van der Waals surface area contributed by atoms with Gasteiger partial charge in [0.2, 0.25) is 0 Å². The van der Waals surface area contributed by atoms with Gasteiger partial charge in [-0.2, -0.15) is 0 Å². The van der Waals surface area contributed by atoms with E-state index in [0.29, 0.717) is 29.8 Å². The van der Waals surface area contributed by atoms with Crippen molar-refractivity contribution in [2.45, 2.75) is 45.2 Å². The van der Waals surface area contributed by atoms with E-state index in [4.69, 9.17) is 5.73 Å². The molecule has 31 heavy (non-hydrogen) atoms. The van der Waals surface area contributed by atoms with Crippen molar-refractivity contribution >= 4 is 45.9 Å². The quantitative estimate of drug-likeness (QED) is 0.542. The third-order valence-electron chi connectivity index (χ3n) is 5.75. The standard InChI is InChI=1S/C22H27N3O5S/c1-13(12-31-14(2)26)20(27)25(21(28)18-7-5-9-24-18)11-15(10-17(23)22(29)30)16-6-3-4-8-19(16)25/h3-4,6,8,11,13,17-18,24H,5,7,9-10,12,23H2,1-2H3/p+1/t13?,17-,18-,25?/m0/s1. The van der Waals surface area contributed by atoms with Crippen LogP contribution in [0.5, 0.6) is 0 Å². The molecular formula is C22H28N3O5S+. The summed E-state index contributed by atoms with van der Waals surface area (Å²) in [5.74, 6) is -2.08. The minimum Gasteiger partial charge on any atom is -0.480 e. The summed E-state index contributed by atoms with van der Waals surface area (Å²) in [5, 5.41) is 12.4. The highest BCUT2D eigenvalue weighted by Crippen LogP contribution is 2.44. The molecule has 4 N–H and O–H groups in total. The van der Waals surface area contributed by atoms with Crippen LogP contribution in [0.4, 0.5) is 5.69 Å². The SMILES string of the molecule is CC(=O)SCC(C)C(=O)[N+]1(C(=O)[C@@H]2CCCN2)C=C(C[C@H](N)C(=O)O)c2ccccc21. The summed E-state index contributed by atoms with van der Waals surface area (Å²) in [7, 11) is 0. The Balaban J connectivity index is 2.11. The summed E-state index contributed by atoms with van der Waals surface area (Å²) < 4.78 is -0.616. The lowest BCUT2D eigenvalue weighted by Gasteiger charge is -2.31. The number of carbonyl (C=O) groups is 4. The molecule has 0 radical (unpaired) electrons. The highest BCUT2D eigenvalue weighted by molar-refractivity contribution is 8.13. The topological polar surface area (TPSA) is 127 Å². The van der Waals surface area contributed by atoms with Gasteiger partial charge in [0.15, 0.2) is 10.8 Å². The summed E-state index contributed by atoms with van der Waals surface area (Å²) in [6, 6.07) is 5.44. The van der Waals surface area contributed by atoms with Crippen LogP contribution >= 0.6 is 11.8 Å². The molecule has 1 aromatic carbocycles. The van der Waals surface area contributed by atoms with Gasteiger partial charge in [0.25, 0.3) is 0 Å². The van der Waals surface area contributed by atoms with Crippen molar-refractivity contribution in [3.8, 4) is 0 Å². The number of aliphatic carboxylic acids is 1. The largest absolute Gasteiger partial charge is 0.480 e. The van der Waals surface area contributed by atoms with Crippen molar-refractivity contribution in [1.82, 2.24) is 9.80 Å². The number of imide groups is 1. The fourth-order valence-corrected chi connectivity index (χ4v) is 4.82. The Morgan fingerprint density at radius 2 is 2.00 bits per heavy atom. The first-order chi connectivity index (χ1) is 14.7. The van der Waals surface area contributed by atoms with Crippen LogP contribution in [0, 0.1) is 5.92 Å². The first-order valence-electron chi connectivity index (χ1n) is 10.3. The molecule has 2 unspecified atom stereocenters. The molecule has 2 heterocycles. The summed E-state index contributed by atoms with van der Waals surface area (Å²) in [4.78, 5) is 50.4. The van der Waals surface area contributed by atoms with Crippen LogP contribution in [0.25, 0.3) is 5.57 Å². The van der Waals surface area contributed by atoms with Crippen LogP contribution < -0.4 is 15.5 Å². The molecule has 3 rings (SSSR count). The molecule has 8 nitrogen and oxygen atoms in total. The molecule has 1 aromatic rings. The van der Waals surface area contributed by atoms with Gasteiger partial charge in [-0.1, -0.05) is 23.9 Å². The third kappa shape index (κ3) is 4.50. The normalized spacial score (nSPS) is 24.2. The van der Waals surface area contributed by atoms with Crippen molar-refractivity contribution in [1.29, 1.82) is 0 Å². The number of benzene rings is 1. The molecule has 9 heteroatoms. The third-order valence-corrected chi connectivity index (χ3v) is 6.82. The second-order valence-corrected chi connectivity index (χ2v) is 9.27. The van der Waals surface area contributed by atoms with Gasteiger partial charge in [-0.15, -0.1) is 4.48 Å². The van der Waals surface area contributed by atoms with Gasteiger partial charge in [0.05, 0.1) is 5.92 Å². The fourth-order valence-electron chi connectivity index (χ4n) is 4.19. The zero-order chi connectivity index (χ0) is 22.8. The monoisotopic (exact) mass is 446 g/mol. The smallest absolute Gasteiger partial charge is 0.347 e. The number of quaternary nitrogens is 1. The molecule has 0 bridgehead atoms. The minimum absolute atomic E-state index is 0.00157. The average Bonchev–Trinajstić information content (AvgIpc) is 3.38. The van der Waals surface area contributed by atoms with E-state index in [9.17, 15) is 24.3 Å². The first-order valence-corrected chi connectivity index (χ1v) is 11.3. The van der Waals surface area contributed by atoms with E-state index in [1.54, 1.807) is 37.4 Å². The first kappa shape index (κ1) is 23.3. The maximum atomic E-state index is 13.8. The molecule has 2 amide bonds. The van der Waals surface area contributed by atoms with E-state index in [1.807, 2.05) is 0 Å². The van der Waals surface area contributed by atoms with E-state index < -0.39 is 28.5 Å². The number of hydrogen-bond acceptors (Lipinski definition) is 7. The van der Waals surface area contributed by atoms with E-state index in [2.05, 4.69) is 5.32 Å². The van der Waals surface area contributed by atoms with Gasteiger partial charge in [0, 0.05) is 36.3 Å². The van der Waals surface area contributed by atoms with E-state index in [1.165, 1.54) is 6.92 Å². The van der Waals surface area contributed by atoms with Crippen molar-refractivity contribution in [3.05, 3.63) is 36.0 Å². The molecular weight excluding hydrogens is 418 g/mol. The highest BCUT2D eigenvalue weighted by atomic mass is 32.2. The Kier molecular flexibility index (Phi) is 7.10. The van der Waals surface area contributed by atoms with Crippen LogP contribution in [-0.4, -0.2) is 52.4 Å². The van der Waals surface area contributed by atoms with Gasteiger partial charge in [0.1, 0.15) is 18.3 Å². The van der Waals surface area contributed by atoms with Crippen LogP contribution in [0.15, 0.2) is 30.5 Å². The average molecular weight is 447 g/mol. The molecule has 0 aliphatic carbocycles. The number of nitrogens with zero attached hydrogens (tertiary/aromatic N) is 1. The van der Waals surface area contributed by atoms with Gasteiger partial charge in [-0.25, -0.2) is 9.59 Å². The number of hydrogen-bond donors (Lipinski definition) is 3. The van der Waals surface area contributed by atoms with E-state index >= 15 is 0 Å². The summed E-state index contributed by atoms with van der Waals surface area (Å²) in [6.07, 6.45) is 3.04. The van der Waals surface area contributed by atoms with Crippen LogP contribution in [0.1, 0.15) is 38.7 Å².